The van der Waals surface area contributed by atoms with Crippen LogP contribution in [0.3, 0.4) is 0 Å². The van der Waals surface area contributed by atoms with Gasteiger partial charge in [-0.2, -0.15) is 0 Å². The summed E-state index contributed by atoms with van der Waals surface area (Å²) in [5, 5.41) is 0. The summed E-state index contributed by atoms with van der Waals surface area (Å²) in [6.07, 6.45) is 17.4. The standard InChI is InChI=1S/C36H45NO2/c1-3-4-5-10-36(38)39-35-25-18-30(19-26-35)13-14-31-17-24-34(37-27-31)9-7-6-8-29-15-22-33(23-16-29)32-20-11-28(2)12-21-32/h3,11-12,15-17,20-24,27,30,35H,1,4-10,13-14,18-19,25-26H2,2H3. The van der Waals surface area contributed by atoms with E-state index in [0.717, 1.165) is 70.1 Å². The third-order valence-electron chi connectivity index (χ3n) is 8.10. The molecule has 206 valence electrons. The summed E-state index contributed by atoms with van der Waals surface area (Å²) in [6.45, 7) is 5.83. The molecule has 0 radical (unpaired) electrons. The molecule has 1 saturated carbocycles. The molecule has 39 heavy (non-hydrogen) atoms. The number of unbranched alkanes of at least 4 members (excludes halogenated alkanes) is 2. The highest BCUT2D eigenvalue weighted by atomic mass is 16.5. The van der Waals surface area contributed by atoms with Gasteiger partial charge in [-0.05, 0) is 118 Å². The molecule has 1 fully saturated rings. The van der Waals surface area contributed by atoms with Gasteiger partial charge in [-0.1, -0.05) is 66.2 Å². The number of aromatic nitrogens is 1. The molecule has 0 saturated heterocycles. The van der Waals surface area contributed by atoms with Crippen LogP contribution in [0, 0.1) is 12.8 Å². The van der Waals surface area contributed by atoms with Crippen molar-refractivity contribution in [3.63, 3.8) is 0 Å². The Morgan fingerprint density at radius 1 is 0.846 bits per heavy atom. The van der Waals surface area contributed by atoms with Crippen LogP contribution in [-0.4, -0.2) is 17.1 Å². The fourth-order valence-corrected chi connectivity index (χ4v) is 5.54. The first-order chi connectivity index (χ1) is 19.1. The highest BCUT2D eigenvalue weighted by Crippen LogP contribution is 2.30. The minimum absolute atomic E-state index is 0.0426. The number of ether oxygens (including phenoxy) is 1. The average Bonchev–Trinajstić information content (AvgIpc) is 2.96. The van der Waals surface area contributed by atoms with Crippen molar-refractivity contribution >= 4 is 5.97 Å². The monoisotopic (exact) mass is 523 g/mol. The van der Waals surface area contributed by atoms with Crippen LogP contribution in [0.4, 0.5) is 0 Å². The average molecular weight is 524 g/mol. The Bertz CT molecular complexity index is 1140. The lowest BCUT2D eigenvalue weighted by Gasteiger charge is -2.28. The van der Waals surface area contributed by atoms with Gasteiger partial charge < -0.3 is 4.74 Å². The van der Waals surface area contributed by atoms with Crippen molar-refractivity contribution < 1.29 is 9.53 Å². The molecular formula is C36H45NO2. The number of carbonyl (C=O) groups excluding carboxylic acids is 1. The molecule has 0 N–H and O–H groups in total. The van der Waals surface area contributed by atoms with E-state index in [1.54, 1.807) is 0 Å². The van der Waals surface area contributed by atoms with Crippen LogP contribution < -0.4 is 0 Å². The molecule has 1 aliphatic rings. The van der Waals surface area contributed by atoms with Crippen LogP contribution >= 0.6 is 0 Å². The number of aryl methyl sites for hydroxylation is 4. The fraction of sp³-hybridized carbons (Fsp3) is 0.444. The topological polar surface area (TPSA) is 39.2 Å². The van der Waals surface area contributed by atoms with E-state index in [4.69, 9.17) is 9.72 Å². The largest absolute Gasteiger partial charge is 0.462 e. The van der Waals surface area contributed by atoms with E-state index in [9.17, 15) is 4.79 Å². The van der Waals surface area contributed by atoms with Gasteiger partial charge >= 0.3 is 5.97 Å². The van der Waals surface area contributed by atoms with E-state index >= 15 is 0 Å². The third-order valence-corrected chi connectivity index (χ3v) is 8.10. The summed E-state index contributed by atoms with van der Waals surface area (Å²) in [4.78, 5) is 16.7. The Morgan fingerprint density at radius 3 is 2.18 bits per heavy atom. The lowest BCUT2D eigenvalue weighted by molar-refractivity contribution is -0.151. The lowest BCUT2D eigenvalue weighted by Crippen LogP contribution is -2.24. The minimum atomic E-state index is -0.0426. The Morgan fingerprint density at radius 2 is 1.51 bits per heavy atom. The Kier molecular flexibility index (Phi) is 11.4. The summed E-state index contributed by atoms with van der Waals surface area (Å²) < 4.78 is 5.67. The van der Waals surface area contributed by atoms with Gasteiger partial charge in [0.1, 0.15) is 6.10 Å². The second-order valence-electron chi connectivity index (χ2n) is 11.3. The molecule has 4 rings (SSSR count). The van der Waals surface area contributed by atoms with Crippen LogP contribution in [0.25, 0.3) is 11.1 Å². The predicted octanol–water partition coefficient (Wildman–Crippen LogP) is 9.01. The smallest absolute Gasteiger partial charge is 0.306 e. The zero-order valence-corrected chi connectivity index (χ0v) is 23.7. The number of carbonyl (C=O) groups is 1. The van der Waals surface area contributed by atoms with Crippen LogP contribution in [0.5, 0.6) is 0 Å². The molecule has 0 spiro atoms. The molecule has 3 aromatic rings. The lowest BCUT2D eigenvalue weighted by atomic mass is 9.84. The summed E-state index contributed by atoms with van der Waals surface area (Å²) in [6, 6.07) is 22.2. The molecular weight excluding hydrogens is 478 g/mol. The molecule has 0 unspecified atom stereocenters. The maximum Gasteiger partial charge on any atom is 0.306 e. The minimum Gasteiger partial charge on any atom is -0.462 e. The normalized spacial score (nSPS) is 17.1. The Labute approximate surface area is 235 Å². The van der Waals surface area contributed by atoms with Gasteiger partial charge in [0.15, 0.2) is 0 Å². The van der Waals surface area contributed by atoms with Gasteiger partial charge in [0.05, 0.1) is 0 Å². The van der Waals surface area contributed by atoms with E-state index in [0.29, 0.717) is 6.42 Å². The quantitative estimate of drug-likeness (QED) is 0.120. The highest BCUT2D eigenvalue weighted by molar-refractivity contribution is 5.69. The van der Waals surface area contributed by atoms with E-state index in [1.807, 2.05) is 6.08 Å². The molecule has 3 heteroatoms. The van der Waals surface area contributed by atoms with Gasteiger partial charge in [0.2, 0.25) is 0 Å². The second-order valence-corrected chi connectivity index (χ2v) is 11.3. The number of hydrogen-bond donors (Lipinski definition) is 0. The number of hydrogen-bond acceptors (Lipinski definition) is 3. The van der Waals surface area contributed by atoms with Crippen LogP contribution in [0.1, 0.15) is 86.6 Å². The third kappa shape index (κ3) is 9.80. The summed E-state index contributed by atoms with van der Waals surface area (Å²) >= 11 is 0. The van der Waals surface area contributed by atoms with Gasteiger partial charge in [-0.3, -0.25) is 9.78 Å². The molecule has 0 aliphatic heterocycles. The van der Waals surface area contributed by atoms with Gasteiger partial charge in [-0.25, -0.2) is 0 Å². The van der Waals surface area contributed by atoms with Crippen LogP contribution in [-0.2, 0) is 28.8 Å². The molecule has 0 amide bonds. The van der Waals surface area contributed by atoms with Gasteiger partial charge in [0.25, 0.3) is 0 Å². The molecule has 0 atom stereocenters. The maximum absolute atomic E-state index is 12.0. The fourth-order valence-electron chi connectivity index (χ4n) is 5.54. The van der Waals surface area contributed by atoms with E-state index in [1.165, 1.54) is 46.4 Å². The van der Waals surface area contributed by atoms with Crippen molar-refractivity contribution in [3.05, 3.63) is 102 Å². The zero-order valence-electron chi connectivity index (χ0n) is 23.7. The number of benzene rings is 2. The van der Waals surface area contributed by atoms with Crippen molar-refractivity contribution in [1.82, 2.24) is 4.98 Å². The highest BCUT2D eigenvalue weighted by Gasteiger charge is 2.23. The van der Waals surface area contributed by atoms with Gasteiger partial charge in [-0.15, -0.1) is 6.58 Å². The van der Waals surface area contributed by atoms with Crippen molar-refractivity contribution in [2.75, 3.05) is 0 Å². The zero-order chi connectivity index (χ0) is 27.3. The van der Waals surface area contributed by atoms with Crippen molar-refractivity contribution in [1.29, 1.82) is 0 Å². The second kappa shape index (κ2) is 15.4. The Hall–Kier alpha value is -3.20. The van der Waals surface area contributed by atoms with Crippen LogP contribution in [0.15, 0.2) is 79.5 Å². The first kappa shape index (κ1) is 28.8. The van der Waals surface area contributed by atoms with E-state index < -0.39 is 0 Å². The van der Waals surface area contributed by atoms with Crippen molar-refractivity contribution in [2.24, 2.45) is 5.92 Å². The SMILES string of the molecule is C=CCCCC(=O)OC1CCC(CCc2ccc(CCCCc3ccc(-c4ccc(C)cc4)cc3)nc2)CC1. The summed E-state index contributed by atoms with van der Waals surface area (Å²) in [7, 11) is 0. The van der Waals surface area contributed by atoms with Crippen LogP contribution in [0.2, 0.25) is 0 Å². The first-order valence-corrected chi connectivity index (χ1v) is 15.0. The van der Waals surface area contributed by atoms with Crippen molar-refractivity contribution in [2.45, 2.75) is 96.5 Å². The number of allylic oxidation sites excluding steroid dienone is 1. The van der Waals surface area contributed by atoms with E-state index in [-0.39, 0.29) is 12.1 Å². The molecule has 1 heterocycles. The van der Waals surface area contributed by atoms with E-state index in [2.05, 4.69) is 80.4 Å². The number of esters is 1. The number of nitrogens with zero attached hydrogens (tertiary/aromatic N) is 1. The number of rotatable bonds is 14. The molecule has 1 aromatic heterocycles. The predicted molar refractivity (Wildman–Crippen MR) is 162 cm³/mol. The molecule has 2 aromatic carbocycles. The molecule has 1 aliphatic carbocycles. The molecule has 3 nitrogen and oxygen atoms in total. The molecule has 0 bridgehead atoms. The Balaban J connectivity index is 1.09. The summed E-state index contributed by atoms with van der Waals surface area (Å²) in [5.41, 5.74) is 7.80. The van der Waals surface area contributed by atoms with Crippen molar-refractivity contribution in [3.8, 4) is 11.1 Å². The first-order valence-electron chi connectivity index (χ1n) is 15.0. The maximum atomic E-state index is 12.0. The van der Waals surface area contributed by atoms with Gasteiger partial charge in [0, 0.05) is 18.3 Å². The summed E-state index contributed by atoms with van der Waals surface area (Å²) in [5.74, 6) is 0.686. The number of pyridine rings is 1.